The molecule has 9 heteroatoms. The van der Waals surface area contributed by atoms with Gasteiger partial charge in [0.15, 0.2) is 0 Å². The summed E-state index contributed by atoms with van der Waals surface area (Å²) in [5.41, 5.74) is -0.235. The van der Waals surface area contributed by atoms with Crippen LogP contribution in [-0.2, 0) is 4.79 Å². The van der Waals surface area contributed by atoms with E-state index in [9.17, 15) is 24.5 Å². The molecule has 26 heavy (non-hydrogen) atoms. The molecule has 9 nitrogen and oxygen atoms in total. The van der Waals surface area contributed by atoms with Crippen LogP contribution in [0.4, 0.5) is 5.69 Å². The summed E-state index contributed by atoms with van der Waals surface area (Å²) < 4.78 is 0. The van der Waals surface area contributed by atoms with E-state index >= 15 is 0 Å². The molecule has 0 radical (unpaired) electrons. The van der Waals surface area contributed by atoms with Crippen LogP contribution in [0.5, 0.6) is 0 Å². The number of amides is 3. The first-order chi connectivity index (χ1) is 12.4. The first kappa shape index (κ1) is 19.5. The molecule has 0 unspecified atom stereocenters. The second kappa shape index (κ2) is 8.52. The zero-order valence-electron chi connectivity index (χ0n) is 14.9. The van der Waals surface area contributed by atoms with Crippen LogP contribution in [0.15, 0.2) is 18.2 Å². The number of nitro benzene ring substituents is 1. The molecular formula is C17H22N4O5. The zero-order chi connectivity index (χ0) is 19.3. The van der Waals surface area contributed by atoms with Gasteiger partial charge in [-0.2, -0.15) is 0 Å². The van der Waals surface area contributed by atoms with E-state index in [0.29, 0.717) is 6.54 Å². The average molecular weight is 362 g/mol. The van der Waals surface area contributed by atoms with E-state index in [4.69, 9.17) is 0 Å². The monoisotopic (exact) mass is 362 g/mol. The molecule has 3 amide bonds. The summed E-state index contributed by atoms with van der Waals surface area (Å²) >= 11 is 0. The fourth-order valence-electron chi connectivity index (χ4n) is 2.81. The fraction of sp³-hybridized carbons (Fsp3) is 0.471. The van der Waals surface area contributed by atoms with Crippen LogP contribution in [0.3, 0.4) is 0 Å². The van der Waals surface area contributed by atoms with Gasteiger partial charge in [0.1, 0.15) is 6.54 Å². The minimum absolute atomic E-state index is 0.0430. The Kier molecular flexibility index (Phi) is 6.40. The summed E-state index contributed by atoms with van der Waals surface area (Å²) in [6, 6.07) is 3.48. The number of carbonyl (C=O) groups excluding carboxylic acids is 3. The molecule has 0 aliphatic carbocycles. The van der Waals surface area contributed by atoms with Crippen LogP contribution < -0.4 is 5.32 Å². The van der Waals surface area contributed by atoms with Gasteiger partial charge >= 0.3 is 0 Å². The van der Waals surface area contributed by atoms with Crippen molar-refractivity contribution >= 4 is 23.4 Å². The Hall–Kier alpha value is -2.81. The topological polar surface area (TPSA) is 113 Å². The number of imide groups is 1. The van der Waals surface area contributed by atoms with E-state index < -0.39 is 29.2 Å². The van der Waals surface area contributed by atoms with E-state index in [0.717, 1.165) is 37.0 Å². The summed E-state index contributed by atoms with van der Waals surface area (Å²) in [7, 11) is 0. The number of rotatable bonds is 9. The number of nitrogens with zero attached hydrogens (tertiary/aromatic N) is 3. The predicted octanol–water partition coefficient (Wildman–Crippen LogP) is 1.04. The van der Waals surface area contributed by atoms with Crippen molar-refractivity contribution in [1.29, 1.82) is 0 Å². The maximum Gasteiger partial charge on any atom is 0.270 e. The molecule has 0 atom stereocenters. The smallest absolute Gasteiger partial charge is 0.270 e. The van der Waals surface area contributed by atoms with E-state index in [2.05, 4.69) is 24.1 Å². The summed E-state index contributed by atoms with van der Waals surface area (Å²) in [5, 5.41) is 13.5. The highest BCUT2D eigenvalue weighted by Gasteiger charge is 2.37. The molecule has 0 spiro atoms. The minimum Gasteiger partial charge on any atom is -0.354 e. The number of hydrogen-bond acceptors (Lipinski definition) is 6. The van der Waals surface area contributed by atoms with Crippen molar-refractivity contribution in [1.82, 2.24) is 15.1 Å². The van der Waals surface area contributed by atoms with E-state index in [1.165, 1.54) is 12.1 Å². The van der Waals surface area contributed by atoms with Crippen molar-refractivity contribution < 1.29 is 19.3 Å². The quantitative estimate of drug-likeness (QED) is 0.304. The molecule has 1 aromatic carbocycles. The van der Waals surface area contributed by atoms with Gasteiger partial charge in [-0.15, -0.1) is 0 Å². The Labute approximate surface area is 151 Å². The summed E-state index contributed by atoms with van der Waals surface area (Å²) in [5.74, 6) is -1.74. The Morgan fingerprint density at radius 1 is 1.19 bits per heavy atom. The maximum atomic E-state index is 12.3. The van der Waals surface area contributed by atoms with Crippen molar-refractivity contribution in [3.8, 4) is 0 Å². The van der Waals surface area contributed by atoms with Gasteiger partial charge in [0.2, 0.25) is 5.91 Å². The van der Waals surface area contributed by atoms with Crippen LogP contribution in [0, 0.1) is 10.1 Å². The van der Waals surface area contributed by atoms with Crippen molar-refractivity contribution in [3.63, 3.8) is 0 Å². The second-order valence-electron chi connectivity index (χ2n) is 5.91. The third kappa shape index (κ3) is 4.23. The highest BCUT2D eigenvalue weighted by atomic mass is 16.6. The Bertz CT molecular complexity index is 730. The molecule has 1 aromatic rings. The lowest BCUT2D eigenvalue weighted by molar-refractivity contribution is -0.384. The van der Waals surface area contributed by atoms with Gasteiger partial charge in [-0.3, -0.25) is 29.4 Å². The van der Waals surface area contributed by atoms with E-state index in [1.807, 2.05) is 0 Å². The lowest BCUT2D eigenvalue weighted by atomic mass is 10.1. The standard InChI is InChI=1S/C17H22N4O5/c1-3-19(4-2)9-5-8-18-15(22)11-20-16(23)13-7-6-12(21(25)26)10-14(13)17(20)24/h6-7,10H,3-5,8-9,11H2,1-2H3,(H,18,22). The van der Waals surface area contributed by atoms with Crippen LogP contribution in [0.25, 0.3) is 0 Å². The molecule has 2 rings (SSSR count). The Balaban J connectivity index is 1.92. The van der Waals surface area contributed by atoms with Gasteiger partial charge in [-0.25, -0.2) is 0 Å². The molecule has 0 fully saturated rings. The summed E-state index contributed by atoms with van der Waals surface area (Å²) in [6.45, 7) is 6.90. The van der Waals surface area contributed by atoms with Gasteiger partial charge in [-0.1, -0.05) is 13.8 Å². The van der Waals surface area contributed by atoms with E-state index in [1.54, 1.807) is 0 Å². The SMILES string of the molecule is CCN(CC)CCCNC(=O)CN1C(=O)c2ccc([N+](=O)[O-])cc2C1=O. The number of fused-ring (bicyclic) bond motifs is 1. The predicted molar refractivity (Wildman–Crippen MR) is 93.9 cm³/mol. The number of hydrogen-bond donors (Lipinski definition) is 1. The number of benzene rings is 1. The molecule has 140 valence electrons. The lowest BCUT2D eigenvalue weighted by Gasteiger charge is -2.18. The molecule has 1 heterocycles. The molecule has 0 bridgehead atoms. The first-order valence-electron chi connectivity index (χ1n) is 8.52. The molecule has 0 aromatic heterocycles. The second-order valence-corrected chi connectivity index (χ2v) is 5.91. The van der Waals surface area contributed by atoms with Crippen LogP contribution in [-0.4, -0.2) is 65.2 Å². The maximum absolute atomic E-state index is 12.3. The molecular weight excluding hydrogens is 340 g/mol. The van der Waals surface area contributed by atoms with Gasteiger partial charge in [0, 0.05) is 18.7 Å². The highest BCUT2D eigenvalue weighted by Crippen LogP contribution is 2.26. The molecule has 1 aliphatic heterocycles. The Morgan fingerprint density at radius 2 is 1.85 bits per heavy atom. The zero-order valence-corrected chi connectivity index (χ0v) is 14.9. The molecule has 1 aliphatic rings. The molecule has 1 N–H and O–H groups in total. The van der Waals surface area contributed by atoms with E-state index in [-0.39, 0.29) is 16.8 Å². The average Bonchev–Trinajstić information content (AvgIpc) is 2.86. The van der Waals surface area contributed by atoms with Crippen molar-refractivity contribution in [2.75, 3.05) is 32.7 Å². The molecule has 0 saturated heterocycles. The van der Waals surface area contributed by atoms with Gasteiger partial charge in [0.25, 0.3) is 17.5 Å². The van der Waals surface area contributed by atoms with Crippen molar-refractivity contribution in [2.45, 2.75) is 20.3 Å². The highest BCUT2D eigenvalue weighted by molar-refractivity contribution is 6.22. The minimum atomic E-state index is -0.688. The van der Waals surface area contributed by atoms with Crippen LogP contribution in [0.2, 0.25) is 0 Å². The normalized spacial score (nSPS) is 13.3. The van der Waals surface area contributed by atoms with Crippen LogP contribution >= 0.6 is 0 Å². The number of non-ortho nitro benzene ring substituents is 1. The number of carbonyl (C=O) groups is 3. The third-order valence-electron chi connectivity index (χ3n) is 4.33. The Morgan fingerprint density at radius 3 is 2.46 bits per heavy atom. The first-order valence-corrected chi connectivity index (χ1v) is 8.52. The number of nitrogens with one attached hydrogen (secondary N) is 1. The summed E-state index contributed by atoms with van der Waals surface area (Å²) in [6.07, 6.45) is 0.766. The summed E-state index contributed by atoms with van der Waals surface area (Å²) in [4.78, 5) is 49.8. The van der Waals surface area contributed by atoms with Crippen molar-refractivity contribution in [2.24, 2.45) is 0 Å². The largest absolute Gasteiger partial charge is 0.354 e. The lowest BCUT2D eigenvalue weighted by Crippen LogP contribution is -2.41. The van der Waals surface area contributed by atoms with Gasteiger partial charge in [-0.05, 0) is 32.1 Å². The van der Waals surface area contributed by atoms with Crippen LogP contribution in [0.1, 0.15) is 41.0 Å². The fourth-order valence-corrected chi connectivity index (χ4v) is 2.81. The third-order valence-corrected chi connectivity index (χ3v) is 4.33. The molecule has 0 saturated carbocycles. The van der Waals surface area contributed by atoms with Gasteiger partial charge < -0.3 is 10.2 Å². The number of nitro groups is 1. The van der Waals surface area contributed by atoms with Crippen molar-refractivity contribution in [3.05, 3.63) is 39.4 Å². The van der Waals surface area contributed by atoms with Gasteiger partial charge in [0.05, 0.1) is 16.1 Å².